The molecule has 2 aromatic heterocycles. The van der Waals surface area contributed by atoms with Gasteiger partial charge in [0, 0.05) is 22.5 Å². The largest absolute Gasteiger partial charge is 0.306 e. The number of rotatable bonds is 2. The van der Waals surface area contributed by atoms with Gasteiger partial charge in [0.1, 0.15) is 0 Å². The monoisotopic (exact) mass is 419 g/mol. The number of hydrogen-bond acceptors (Lipinski definition) is 5. The number of para-hydroxylation sites is 1. The van der Waals surface area contributed by atoms with Crippen LogP contribution < -0.4 is 10.5 Å². The highest BCUT2D eigenvalue weighted by atomic mass is 127. The lowest BCUT2D eigenvalue weighted by Gasteiger charge is -2.25. The molecular weight excluding hydrogens is 405 g/mol. The molecule has 23 heavy (non-hydrogen) atoms. The second-order valence-corrected chi connectivity index (χ2v) is 6.36. The minimum absolute atomic E-state index is 0.0218. The zero-order valence-electron chi connectivity index (χ0n) is 12.4. The van der Waals surface area contributed by atoms with Crippen molar-refractivity contribution in [2.45, 2.75) is 19.0 Å². The molecule has 1 aromatic carbocycles. The van der Waals surface area contributed by atoms with E-state index >= 15 is 0 Å². The van der Waals surface area contributed by atoms with E-state index in [-0.39, 0.29) is 17.6 Å². The molecule has 0 aliphatic carbocycles. The summed E-state index contributed by atoms with van der Waals surface area (Å²) in [5, 5.41) is 0. The smallest absolute Gasteiger partial charge is 0.283 e. The van der Waals surface area contributed by atoms with Crippen LogP contribution in [0.25, 0.3) is 11.2 Å². The van der Waals surface area contributed by atoms with E-state index in [1.165, 1.54) is 6.20 Å². The van der Waals surface area contributed by atoms with E-state index in [4.69, 9.17) is 0 Å². The molecule has 2 atom stereocenters. The molecule has 1 aliphatic heterocycles. The van der Waals surface area contributed by atoms with Crippen LogP contribution in [0.3, 0.4) is 0 Å². The lowest BCUT2D eigenvalue weighted by molar-refractivity contribution is 0.524. The fourth-order valence-electron chi connectivity index (χ4n) is 3.08. The Morgan fingerprint density at radius 2 is 1.91 bits per heavy atom. The SMILES string of the molecule is C[C@H]1[C@@H](CI)N(c2ccccc2)c2nc3nccnc3c(=O)n21. The molecule has 0 amide bonds. The topological polar surface area (TPSA) is 63.9 Å². The molecular formula is C16H14IN5O. The van der Waals surface area contributed by atoms with E-state index in [9.17, 15) is 4.79 Å². The lowest BCUT2D eigenvalue weighted by atomic mass is 10.1. The van der Waals surface area contributed by atoms with Gasteiger partial charge in [-0.3, -0.25) is 9.36 Å². The third-order valence-corrected chi connectivity index (χ3v) is 5.13. The molecule has 0 fully saturated rings. The lowest BCUT2D eigenvalue weighted by Crippen LogP contribution is -2.31. The van der Waals surface area contributed by atoms with Crippen molar-refractivity contribution in [2.24, 2.45) is 0 Å². The Bertz CT molecular complexity index is 927. The van der Waals surface area contributed by atoms with E-state index in [0.29, 0.717) is 17.1 Å². The number of benzene rings is 1. The van der Waals surface area contributed by atoms with Gasteiger partial charge in [-0.15, -0.1) is 0 Å². The minimum atomic E-state index is -0.126. The van der Waals surface area contributed by atoms with Crippen molar-refractivity contribution in [1.82, 2.24) is 19.5 Å². The van der Waals surface area contributed by atoms with Crippen LogP contribution in [0, 0.1) is 0 Å². The molecule has 0 N–H and O–H groups in total. The second-order valence-electron chi connectivity index (χ2n) is 5.48. The third-order valence-electron chi connectivity index (χ3n) is 4.23. The van der Waals surface area contributed by atoms with Crippen molar-refractivity contribution in [3.05, 3.63) is 53.1 Å². The fourth-order valence-corrected chi connectivity index (χ4v) is 4.21. The fraction of sp³-hybridized carbons (Fsp3) is 0.250. The zero-order chi connectivity index (χ0) is 16.0. The summed E-state index contributed by atoms with van der Waals surface area (Å²) in [5.74, 6) is 0.642. The minimum Gasteiger partial charge on any atom is -0.306 e. The molecule has 7 heteroatoms. The normalized spacial score (nSPS) is 20.0. The molecule has 0 saturated carbocycles. The van der Waals surface area contributed by atoms with E-state index < -0.39 is 0 Å². The van der Waals surface area contributed by atoms with Gasteiger partial charge in [-0.25, -0.2) is 9.97 Å². The van der Waals surface area contributed by atoms with E-state index in [2.05, 4.69) is 49.4 Å². The van der Waals surface area contributed by atoms with Gasteiger partial charge < -0.3 is 4.90 Å². The van der Waals surface area contributed by atoms with E-state index in [0.717, 1.165) is 10.1 Å². The van der Waals surface area contributed by atoms with Gasteiger partial charge in [-0.1, -0.05) is 40.8 Å². The van der Waals surface area contributed by atoms with Crippen LogP contribution >= 0.6 is 22.6 Å². The highest BCUT2D eigenvalue weighted by molar-refractivity contribution is 14.1. The van der Waals surface area contributed by atoms with Crippen molar-refractivity contribution in [1.29, 1.82) is 0 Å². The van der Waals surface area contributed by atoms with Gasteiger partial charge >= 0.3 is 0 Å². The highest BCUT2D eigenvalue weighted by Crippen LogP contribution is 2.38. The number of nitrogens with zero attached hydrogens (tertiary/aromatic N) is 5. The number of hydrogen-bond donors (Lipinski definition) is 0. The predicted molar refractivity (Wildman–Crippen MR) is 97.6 cm³/mol. The summed E-state index contributed by atoms with van der Waals surface area (Å²) in [5.41, 5.74) is 1.62. The summed E-state index contributed by atoms with van der Waals surface area (Å²) >= 11 is 2.36. The van der Waals surface area contributed by atoms with E-state index in [1.54, 1.807) is 10.8 Å². The molecule has 3 aromatic rings. The summed E-state index contributed by atoms with van der Waals surface area (Å²) in [4.78, 5) is 28.0. The Balaban J connectivity index is 2.03. The molecule has 0 saturated heterocycles. The highest BCUT2D eigenvalue weighted by Gasteiger charge is 2.38. The summed E-state index contributed by atoms with van der Waals surface area (Å²) < 4.78 is 2.63. The van der Waals surface area contributed by atoms with Gasteiger partial charge in [0.15, 0.2) is 11.2 Å². The van der Waals surface area contributed by atoms with Crippen molar-refractivity contribution in [3.8, 4) is 0 Å². The average Bonchev–Trinajstić information content (AvgIpc) is 2.88. The molecule has 0 unspecified atom stereocenters. The summed E-state index contributed by atoms with van der Waals surface area (Å²) in [6.45, 7) is 2.06. The Morgan fingerprint density at radius 3 is 2.65 bits per heavy atom. The molecule has 0 spiro atoms. The summed E-state index contributed by atoms with van der Waals surface area (Å²) in [6.07, 6.45) is 3.09. The van der Waals surface area contributed by atoms with Crippen LogP contribution in [-0.2, 0) is 0 Å². The summed E-state index contributed by atoms with van der Waals surface area (Å²) in [7, 11) is 0. The maximum absolute atomic E-state index is 12.9. The van der Waals surface area contributed by atoms with Crippen LogP contribution in [0.1, 0.15) is 13.0 Å². The van der Waals surface area contributed by atoms with Crippen molar-refractivity contribution in [2.75, 3.05) is 9.33 Å². The van der Waals surface area contributed by atoms with Gasteiger partial charge in [-0.2, -0.15) is 4.98 Å². The number of alkyl halides is 1. The maximum atomic E-state index is 12.9. The molecule has 3 heterocycles. The summed E-state index contributed by atoms with van der Waals surface area (Å²) in [6, 6.07) is 10.2. The first-order valence-electron chi connectivity index (χ1n) is 7.36. The number of halogens is 1. The Kier molecular flexibility index (Phi) is 3.51. The van der Waals surface area contributed by atoms with Crippen molar-refractivity contribution in [3.63, 3.8) is 0 Å². The Labute approximate surface area is 146 Å². The van der Waals surface area contributed by atoms with Gasteiger partial charge in [0.05, 0.1) is 12.1 Å². The Hall–Kier alpha value is -2.03. The molecule has 116 valence electrons. The number of anilines is 2. The van der Waals surface area contributed by atoms with Gasteiger partial charge in [-0.05, 0) is 19.1 Å². The first-order chi connectivity index (χ1) is 11.2. The molecule has 0 radical (unpaired) electrons. The number of aromatic nitrogens is 4. The standard InChI is InChI=1S/C16H14IN5O/c1-10-12(9-17)22(11-5-3-2-4-6-11)16-20-14-13(15(23)21(10)16)18-7-8-19-14/h2-8,10,12H,9H2,1H3/t10-,12+/m0/s1. The maximum Gasteiger partial charge on any atom is 0.283 e. The molecule has 4 rings (SSSR count). The predicted octanol–water partition coefficient (Wildman–Crippen LogP) is 2.70. The zero-order valence-corrected chi connectivity index (χ0v) is 14.6. The number of fused-ring (bicyclic) bond motifs is 2. The van der Waals surface area contributed by atoms with Crippen molar-refractivity contribution < 1.29 is 0 Å². The van der Waals surface area contributed by atoms with Crippen molar-refractivity contribution >= 4 is 45.4 Å². The van der Waals surface area contributed by atoms with Crippen LogP contribution in [0.5, 0.6) is 0 Å². The Morgan fingerprint density at radius 1 is 1.17 bits per heavy atom. The van der Waals surface area contributed by atoms with Crippen LogP contribution in [-0.4, -0.2) is 30.0 Å². The molecule has 6 nitrogen and oxygen atoms in total. The van der Waals surface area contributed by atoms with Crippen LogP contribution in [0.2, 0.25) is 0 Å². The molecule has 0 bridgehead atoms. The molecule has 1 aliphatic rings. The first kappa shape index (κ1) is 14.6. The van der Waals surface area contributed by atoms with Crippen LogP contribution in [0.15, 0.2) is 47.5 Å². The first-order valence-corrected chi connectivity index (χ1v) is 8.88. The quantitative estimate of drug-likeness (QED) is 0.472. The van der Waals surface area contributed by atoms with E-state index in [1.807, 2.05) is 30.3 Å². The van der Waals surface area contributed by atoms with Gasteiger partial charge in [0.2, 0.25) is 5.95 Å². The third kappa shape index (κ3) is 2.13. The van der Waals surface area contributed by atoms with Gasteiger partial charge in [0.25, 0.3) is 5.56 Å². The average molecular weight is 419 g/mol. The second kappa shape index (κ2) is 5.55. The van der Waals surface area contributed by atoms with Crippen LogP contribution in [0.4, 0.5) is 11.6 Å².